The van der Waals surface area contributed by atoms with Crippen LogP contribution in [0.15, 0.2) is 54.9 Å². The minimum absolute atomic E-state index is 0.0157. The van der Waals surface area contributed by atoms with Crippen molar-refractivity contribution in [3.8, 4) is 17.4 Å². The number of carbonyl (C=O) groups is 2. The Morgan fingerprint density at radius 1 is 1.12 bits per heavy atom. The largest absolute Gasteiger partial charge is 0.480 e. The molecule has 0 spiro atoms. The van der Waals surface area contributed by atoms with Gasteiger partial charge in [-0.2, -0.15) is 4.98 Å². The molecule has 3 aromatic heterocycles. The van der Waals surface area contributed by atoms with Gasteiger partial charge in [-0.25, -0.2) is 19.6 Å². The van der Waals surface area contributed by atoms with Gasteiger partial charge in [0.05, 0.1) is 35.9 Å². The number of pyridine rings is 1. The van der Waals surface area contributed by atoms with Crippen LogP contribution < -0.4 is 10.1 Å². The molecule has 1 fully saturated rings. The lowest BCUT2D eigenvalue weighted by atomic mass is 10.2. The molecule has 0 bridgehead atoms. The van der Waals surface area contributed by atoms with Crippen LogP contribution in [0.4, 0.5) is 4.79 Å². The molecule has 13 nitrogen and oxygen atoms in total. The number of hydrogen-bond donors (Lipinski definition) is 2. The number of benzene rings is 1. The number of nitrogens with one attached hydrogen (secondary N) is 1. The Balaban J connectivity index is 1.35. The van der Waals surface area contributed by atoms with E-state index in [9.17, 15) is 14.7 Å². The van der Waals surface area contributed by atoms with E-state index in [0.717, 1.165) is 22.4 Å². The number of aromatic nitrogens is 5. The van der Waals surface area contributed by atoms with E-state index in [1.165, 1.54) is 4.90 Å². The fourth-order valence-electron chi connectivity index (χ4n) is 5.06. The molecule has 0 radical (unpaired) electrons. The second-order valence-corrected chi connectivity index (χ2v) is 9.96. The molecule has 1 aliphatic rings. The molecular weight excluding hydrogens is 542 g/mol. The Kier molecular flexibility index (Phi) is 8.88. The summed E-state index contributed by atoms with van der Waals surface area (Å²) in [7, 11) is 3.54. The molecule has 0 saturated carbocycles. The number of hydrogen-bond acceptors (Lipinski definition) is 10. The molecular formula is C29H33N7O6. The number of carboxylic acid groups (broad SMARTS) is 1. The van der Waals surface area contributed by atoms with Crippen molar-refractivity contribution in [3.05, 3.63) is 66.2 Å². The molecule has 1 aromatic carbocycles. The van der Waals surface area contributed by atoms with Gasteiger partial charge in [0, 0.05) is 32.5 Å². The van der Waals surface area contributed by atoms with Crippen LogP contribution in [0.1, 0.15) is 17.8 Å². The van der Waals surface area contributed by atoms with Crippen LogP contribution in [0, 0.1) is 6.92 Å². The minimum atomic E-state index is -1.14. The number of rotatable bonds is 11. The molecule has 2 N–H and O–H groups in total. The summed E-state index contributed by atoms with van der Waals surface area (Å²) in [6.45, 7) is 3.20. The topological polar surface area (TPSA) is 154 Å². The number of ether oxygens (including phenoxy) is 3. The zero-order valence-corrected chi connectivity index (χ0v) is 23.6. The van der Waals surface area contributed by atoms with Gasteiger partial charge in [0.15, 0.2) is 0 Å². The van der Waals surface area contributed by atoms with Crippen LogP contribution in [0.25, 0.3) is 22.4 Å². The van der Waals surface area contributed by atoms with E-state index in [0.29, 0.717) is 24.5 Å². The van der Waals surface area contributed by atoms with Gasteiger partial charge in [-0.3, -0.25) is 9.88 Å². The summed E-state index contributed by atoms with van der Waals surface area (Å²) in [5, 5.41) is 12.9. The average Bonchev–Trinajstić information content (AvgIpc) is 3.57. The number of fused-ring (bicyclic) bond motifs is 1. The van der Waals surface area contributed by atoms with Gasteiger partial charge in [-0.05, 0) is 31.7 Å². The maximum atomic E-state index is 12.8. The van der Waals surface area contributed by atoms with E-state index in [-0.39, 0.29) is 31.7 Å². The maximum absolute atomic E-state index is 12.8. The molecule has 0 unspecified atom stereocenters. The van der Waals surface area contributed by atoms with Gasteiger partial charge < -0.3 is 29.2 Å². The Hall–Kier alpha value is -4.62. The number of likely N-dealkylation sites (N-methyl/N-ethyl adjacent to an activating group) is 1. The van der Waals surface area contributed by atoms with Crippen molar-refractivity contribution in [2.24, 2.45) is 0 Å². The Labute approximate surface area is 242 Å². The number of aryl methyl sites for hydroxylation is 1. The first-order valence-corrected chi connectivity index (χ1v) is 13.6. The van der Waals surface area contributed by atoms with Crippen molar-refractivity contribution in [2.75, 3.05) is 27.2 Å². The Bertz CT molecular complexity index is 1550. The van der Waals surface area contributed by atoms with Crippen molar-refractivity contribution < 1.29 is 28.9 Å². The second-order valence-electron chi connectivity index (χ2n) is 9.96. The number of imidazole rings is 1. The highest BCUT2D eigenvalue weighted by atomic mass is 16.6. The van der Waals surface area contributed by atoms with Gasteiger partial charge in [0.2, 0.25) is 0 Å². The van der Waals surface area contributed by atoms with Gasteiger partial charge in [0.1, 0.15) is 30.3 Å². The van der Waals surface area contributed by atoms with Crippen LogP contribution in [-0.4, -0.2) is 92.1 Å². The van der Waals surface area contributed by atoms with Crippen molar-refractivity contribution in [1.29, 1.82) is 0 Å². The smallest absolute Gasteiger partial charge is 0.410 e. The van der Waals surface area contributed by atoms with Crippen molar-refractivity contribution in [1.82, 2.24) is 34.7 Å². The SMILES string of the molecule is CNC[C@@H](Cn1c(C)nc2ccnc(-c3ccnc(O[C@H]4C[C@@H](C(=O)O)N(C(=O)OCc5ccccc5)C4)n3)c21)OC. The third-order valence-corrected chi connectivity index (χ3v) is 7.13. The number of aliphatic carboxylic acids is 1. The molecule has 220 valence electrons. The van der Waals surface area contributed by atoms with Gasteiger partial charge in [-0.1, -0.05) is 30.3 Å². The van der Waals surface area contributed by atoms with Gasteiger partial charge in [-0.15, -0.1) is 0 Å². The number of carbonyl (C=O) groups excluding carboxylic acids is 1. The fourth-order valence-corrected chi connectivity index (χ4v) is 5.06. The van der Waals surface area contributed by atoms with Crippen LogP contribution in [0.3, 0.4) is 0 Å². The van der Waals surface area contributed by atoms with Crippen molar-refractivity contribution >= 4 is 23.1 Å². The molecule has 0 aliphatic carbocycles. The molecule has 5 rings (SSSR count). The van der Waals surface area contributed by atoms with E-state index in [4.69, 9.17) is 19.2 Å². The quantitative estimate of drug-likeness (QED) is 0.271. The molecule has 4 aromatic rings. The molecule has 13 heteroatoms. The first-order chi connectivity index (χ1) is 20.4. The van der Waals surface area contributed by atoms with E-state index >= 15 is 0 Å². The number of amides is 1. The standard InChI is InChI=1S/C29H33N7O6/c1-18-33-23-10-11-31-25(26(23)35(18)16-21(40-3)14-30-2)22-9-12-32-28(34-22)42-20-13-24(27(37)38)36(15-20)29(39)41-17-19-7-5-4-6-8-19/h4-12,20-21,24,30H,13-17H2,1-3H3,(H,37,38)/t20-,21-,24-/m0/s1. The Morgan fingerprint density at radius 3 is 2.64 bits per heavy atom. The molecule has 3 atom stereocenters. The zero-order valence-electron chi connectivity index (χ0n) is 23.6. The van der Waals surface area contributed by atoms with Crippen LogP contribution in [-0.2, 0) is 27.4 Å². The molecule has 42 heavy (non-hydrogen) atoms. The summed E-state index contributed by atoms with van der Waals surface area (Å²) < 4.78 is 19.1. The number of likely N-dealkylation sites (tertiary alicyclic amines) is 1. The highest BCUT2D eigenvalue weighted by molar-refractivity contribution is 5.89. The third kappa shape index (κ3) is 6.31. The van der Waals surface area contributed by atoms with E-state index in [1.54, 1.807) is 25.6 Å². The summed E-state index contributed by atoms with van der Waals surface area (Å²) in [5.74, 6) is -0.326. The predicted molar refractivity (Wildman–Crippen MR) is 152 cm³/mol. The van der Waals surface area contributed by atoms with Gasteiger partial charge in [0.25, 0.3) is 0 Å². The van der Waals surface area contributed by atoms with Crippen LogP contribution in [0.5, 0.6) is 6.01 Å². The minimum Gasteiger partial charge on any atom is -0.480 e. The third-order valence-electron chi connectivity index (χ3n) is 7.13. The average molecular weight is 576 g/mol. The first-order valence-electron chi connectivity index (χ1n) is 13.6. The Morgan fingerprint density at radius 2 is 1.90 bits per heavy atom. The monoisotopic (exact) mass is 575 g/mol. The van der Waals surface area contributed by atoms with E-state index in [2.05, 4.69) is 24.8 Å². The van der Waals surface area contributed by atoms with Crippen molar-refractivity contribution in [3.63, 3.8) is 0 Å². The van der Waals surface area contributed by atoms with Gasteiger partial charge >= 0.3 is 18.1 Å². The zero-order chi connectivity index (χ0) is 29.6. The lowest BCUT2D eigenvalue weighted by molar-refractivity contribution is -0.141. The summed E-state index contributed by atoms with van der Waals surface area (Å²) in [4.78, 5) is 44.1. The summed E-state index contributed by atoms with van der Waals surface area (Å²) in [5.41, 5.74) is 3.48. The lowest BCUT2D eigenvalue weighted by Crippen LogP contribution is -2.40. The fraction of sp³-hybridized carbons (Fsp3) is 0.379. The molecule has 1 saturated heterocycles. The number of methoxy groups -OCH3 is 1. The number of nitrogens with zero attached hydrogens (tertiary/aromatic N) is 6. The predicted octanol–water partition coefficient (Wildman–Crippen LogP) is 2.67. The normalized spacial score (nSPS) is 17.4. The summed E-state index contributed by atoms with van der Waals surface area (Å²) in [6.07, 6.45) is 1.83. The first kappa shape index (κ1) is 28.9. The van der Waals surface area contributed by atoms with E-state index in [1.807, 2.05) is 50.4 Å². The highest BCUT2D eigenvalue weighted by Crippen LogP contribution is 2.28. The van der Waals surface area contributed by atoms with E-state index < -0.39 is 24.2 Å². The molecule has 1 amide bonds. The molecule has 4 heterocycles. The van der Waals surface area contributed by atoms with Crippen molar-refractivity contribution in [2.45, 2.75) is 44.7 Å². The lowest BCUT2D eigenvalue weighted by Gasteiger charge is -2.20. The highest BCUT2D eigenvalue weighted by Gasteiger charge is 2.42. The molecule has 1 aliphatic heterocycles. The number of carboxylic acids is 1. The summed E-state index contributed by atoms with van der Waals surface area (Å²) >= 11 is 0. The second kappa shape index (κ2) is 12.9. The van der Waals surface area contributed by atoms with Crippen LogP contribution >= 0.6 is 0 Å². The summed E-state index contributed by atoms with van der Waals surface area (Å²) in [6, 6.07) is 11.7. The van der Waals surface area contributed by atoms with Crippen LogP contribution in [0.2, 0.25) is 0 Å². The maximum Gasteiger partial charge on any atom is 0.410 e.